The number of benzene rings is 1. The Hall–Kier alpha value is -1.59. The molecule has 0 saturated heterocycles. The molecule has 3 N–H and O–H groups in total. The normalized spacial score (nSPS) is 14.1. The Kier molecular flexibility index (Phi) is 4.17. The Bertz CT molecular complexity index is 553. The maximum atomic E-state index is 11.2. The molecule has 2 unspecified atom stereocenters. The lowest BCUT2D eigenvalue weighted by atomic mass is 10.1. The molecular weight excluding hydrogens is 246 g/mol. The first-order chi connectivity index (χ1) is 8.66. The summed E-state index contributed by atoms with van der Waals surface area (Å²) in [4.78, 5) is 18.1. The molecule has 5 heteroatoms. The van der Waals surface area contributed by atoms with Crippen molar-refractivity contribution in [1.29, 1.82) is 0 Å². The van der Waals surface area contributed by atoms with Crippen molar-refractivity contribution in [2.75, 3.05) is 0 Å². The van der Waals surface area contributed by atoms with Crippen LogP contribution in [0.5, 0.6) is 0 Å². The van der Waals surface area contributed by atoms with Crippen molar-refractivity contribution in [3.8, 4) is 0 Å². The summed E-state index contributed by atoms with van der Waals surface area (Å²) < 4.78 is 0. The van der Waals surface area contributed by atoms with E-state index in [1.807, 2.05) is 37.3 Å². The number of aromatic nitrogens is 2. The molecule has 0 fully saturated rings. The van der Waals surface area contributed by atoms with Crippen LogP contribution < -0.4 is 11.3 Å². The highest BCUT2D eigenvalue weighted by atomic mass is 32.2. The van der Waals surface area contributed by atoms with Gasteiger partial charge in [0.2, 0.25) is 0 Å². The number of rotatable bonds is 4. The molecule has 18 heavy (non-hydrogen) atoms. The third-order valence-electron chi connectivity index (χ3n) is 2.49. The second-order valence-corrected chi connectivity index (χ2v) is 5.18. The molecule has 2 rings (SSSR count). The van der Waals surface area contributed by atoms with E-state index in [0.717, 1.165) is 5.56 Å². The van der Waals surface area contributed by atoms with Crippen molar-refractivity contribution in [2.45, 2.75) is 23.4 Å². The minimum Gasteiger partial charge on any atom is -0.327 e. The van der Waals surface area contributed by atoms with Crippen LogP contribution in [0.25, 0.3) is 0 Å². The van der Waals surface area contributed by atoms with E-state index in [1.54, 1.807) is 0 Å². The number of hydrogen-bond acceptors (Lipinski definition) is 4. The Morgan fingerprint density at radius 3 is 2.61 bits per heavy atom. The molecule has 0 aliphatic rings. The summed E-state index contributed by atoms with van der Waals surface area (Å²) in [6.07, 6.45) is 1.50. The monoisotopic (exact) mass is 261 g/mol. The molecule has 0 spiro atoms. The fourth-order valence-corrected chi connectivity index (χ4v) is 2.68. The lowest BCUT2D eigenvalue weighted by Gasteiger charge is -2.19. The second-order valence-electron chi connectivity index (χ2n) is 4.05. The average molecular weight is 261 g/mol. The van der Waals surface area contributed by atoms with Gasteiger partial charge in [0.1, 0.15) is 0 Å². The topological polar surface area (TPSA) is 71.8 Å². The van der Waals surface area contributed by atoms with E-state index in [2.05, 4.69) is 9.97 Å². The van der Waals surface area contributed by atoms with Crippen LogP contribution in [0.1, 0.15) is 17.7 Å². The molecule has 2 aromatic rings. The molecule has 1 aromatic heterocycles. The number of aromatic amines is 1. The Morgan fingerprint density at radius 1 is 1.28 bits per heavy atom. The van der Waals surface area contributed by atoms with Crippen molar-refractivity contribution in [2.24, 2.45) is 5.73 Å². The van der Waals surface area contributed by atoms with Crippen molar-refractivity contribution < 1.29 is 0 Å². The van der Waals surface area contributed by atoms with Gasteiger partial charge in [-0.15, -0.1) is 0 Å². The van der Waals surface area contributed by atoms with Crippen LogP contribution in [0.2, 0.25) is 0 Å². The summed E-state index contributed by atoms with van der Waals surface area (Å²) >= 11 is 1.47. The number of nitrogens with two attached hydrogens (primary N) is 1. The third-order valence-corrected chi connectivity index (χ3v) is 3.88. The molecule has 1 aromatic carbocycles. The predicted molar refractivity (Wildman–Crippen MR) is 73.5 cm³/mol. The average Bonchev–Trinajstić information content (AvgIpc) is 2.37. The second kappa shape index (κ2) is 5.84. The van der Waals surface area contributed by atoms with Crippen molar-refractivity contribution in [3.63, 3.8) is 0 Å². The predicted octanol–water partition coefficient (Wildman–Crippen LogP) is 1.95. The summed E-state index contributed by atoms with van der Waals surface area (Å²) in [5.41, 5.74) is 6.99. The molecule has 4 nitrogen and oxygen atoms in total. The molecule has 0 bridgehead atoms. The van der Waals surface area contributed by atoms with E-state index in [-0.39, 0.29) is 16.9 Å². The lowest BCUT2D eigenvalue weighted by molar-refractivity contribution is 0.717. The van der Waals surface area contributed by atoms with Crippen molar-refractivity contribution in [3.05, 3.63) is 58.5 Å². The van der Waals surface area contributed by atoms with E-state index in [9.17, 15) is 4.79 Å². The van der Waals surface area contributed by atoms with E-state index < -0.39 is 0 Å². The van der Waals surface area contributed by atoms with Crippen molar-refractivity contribution >= 4 is 11.8 Å². The largest absolute Gasteiger partial charge is 0.327 e. The van der Waals surface area contributed by atoms with Gasteiger partial charge in [-0.1, -0.05) is 42.1 Å². The summed E-state index contributed by atoms with van der Waals surface area (Å²) in [6, 6.07) is 11.3. The van der Waals surface area contributed by atoms with Gasteiger partial charge in [-0.25, -0.2) is 4.98 Å². The van der Waals surface area contributed by atoms with Gasteiger partial charge in [0, 0.05) is 18.3 Å². The number of nitrogens with zero attached hydrogens (tertiary/aromatic N) is 1. The van der Waals surface area contributed by atoms with Crippen molar-refractivity contribution in [1.82, 2.24) is 9.97 Å². The fourth-order valence-electron chi connectivity index (χ4n) is 1.65. The van der Waals surface area contributed by atoms with Crippen LogP contribution in [0.3, 0.4) is 0 Å². The zero-order valence-corrected chi connectivity index (χ0v) is 10.9. The smallest absolute Gasteiger partial charge is 0.251 e. The first-order valence-corrected chi connectivity index (χ1v) is 6.57. The van der Waals surface area contributed by atoms with E-state index in [0.29, 0.717) is 5.16 Å². The van der Waals surface area contributed by atoms with Crippen LogP contribution in [0.4, 0.5) is 0 Å². The van der Waals surface area contributed by atoms with Gasteiger partial charge >= 0.3 is 0 Å². The molecule has 94 valence electrons. The Labute approximate surface area is 110 Å². The summed E-state index contributed by atoms with van der Waals surface area (Å²) in [5.74, 6) is 0. The molecule has 0 aliphatic heterocycles. The van der Waals surface area contributed by atoms with E-state index in [4.69, 9.17) is 5.73 Å². The fraction of sp³-hybridized carbons (Fsp3) is 0.231. The highest BCUT2D eigenvalue weighted by molar-refractivity contribution is 7.99. The van der Waals surface area contributed by atoms with Gasteiger partial charge in [-0.3, -0.25) is 4.79 Å². The summed E-state index contributed by atoms with van der Waals surface area (Å²) in [7, 11) is 0. The third kappa shape index (κ3) is 3.21. The lowest BCUT2D eigenvalue weighted by Crippen LogP contribution is -2.23. The zero-order valence-electron chi connectivity index (χ0n) is 10.0. The first-order valence-electron chi connectivity index (χ1n) is 5.69. The molecule has 2 atom stereocenters. The highest BCUT2D eigenvalue weighted by Gasteiger charge is 2.18. The van der Waals surface area contributed by atoms with Gasteiger partial charge in [0.15, 0.2) is 5.16 Å². The molecule has 1 heterocycles. The van der Waals surface area contributed by atoms with Gasteiger partial charge in [-0.2, -0.15) is 0 Å². The maximum absolute atomic E-state index is 11.2. The van der Waals surface area contributed by atoms with Gasteiger partial charge < -0.3 is 10.7 Å². The summed E-state index contributed by atoms with van der Waals surface area (Å²) in [6.45, 7) is 1.95. The van der Waals surface area contributed by atoms with Gasteiger partial charge in [0.25, 0.3) is 5.56 Å². The number of H-pyrrole nitrogens is 1. The van der Waals surface area contributed by atoms with Gasteiger partial charge in [0.05, 0.1) is 5.25 Å². The minimum absolute atomic E-state index is 0.0390. The number of nitrogens with one attached hydrogen (secondary N) is 1. The Morgan fingerprint density at radius 2 is 2.00 bits per heavy atom. The quantitative estimate of drug-likeness (QED) is 0.652. The van der Waals surface area contributed by atoms with Crippen LogP contribution in [0, 0.1) is 0 Å². The molecular formula is C13H15N3OS. The van der Waals surface area contributed by atoms with Crippen LogP contribution >= 0.6 is 11.8 Å². The number of thioether (sulfide) groups is 1. The molecule has 0 saturated carbocycles. The first kappa shape index (κ1) is 12.9. The standard InChI is InChI=1S/C13H15N3OS/c1-9(14)12(10-5-3-2-4-6-10)18-13-15-8-7-11(17)16-13/h2-9,12H,14H2,1H3,(H,15,16,17). The summed E-state index contributed by atoms with van der Waals surface area (Å²) in [5, 5.41) is 0.658. The highest BCUT2D eigenvalue weighted by Crippen LogP contribution is 2.34. The molecule has 0 radical (unpaired) electrons. The van der Waals surface area contributed by atoms with E-state index in [1.165, 1.54) is 24.0 Å². The van der Waals surface area contributed by atoms with Crippen LogP contribution in [-0.2, 0) is 0 Å². The Balaban J connectivity index is 2.25. The molecule has 0 aliphatic carbocycles. The van der Waals surface area contributed by atoms with Gasteiger partial charge in [-0.05, 0) is 12.5 Å². The SMILES string of the molecule is CC(N)C(Sc1nccc(=O)[nH]1)c1ccccc1. The maximum Gasteiger partial charge on any atom is 0.251 e. The van der Waals surface area contributed by atoms with E-state index >= 15 is 0 Å². The van der Waals surface area contributed by atoms with Crippen LogP contribution in [-0.4, -0.2) is 16.0 Å². The minimum atomic E-state index is -0.149. The molecule has 0 amide bonds. The number of hydrogen-bond donors (Lipinski definition) is 2. The zero-order chi connectivity index (χ0) is 13.0. The van der Waals surface area contributed by atoms with Crippen LogP contribution in [0.15, 0.2) is 52.5 Å².